The lowest BCUT2D eigenvalue weighted by Gasteiger charge is -2.51. The third-order valence-corrected chi connectivity index (χ3v) is 9.74. The third-order valence-electron chi connectivity index (χ3n) is 8.56. The van der Waals surface area contributed by atoms with Crippen molar-refractivity contribution >= 4 is 47.5 Å². The quantitative estimate of drug-likeness (QED) is 0.0836. The Bertz CT molecular complexity index is 1930. The number of nitrogens with zero attached hydrogens (tertiary/aromatic N) is 2. The van der Waals surface area contributed by atoms with Crippen molar-refractivity contribution in [3.8, 4) is 5.75 Å². The number of ether oxygens (including phenoxy) is 4. The smallest absolute Gasteiger partial charge is 0.451 e. The van der Waals surface area contributed by atoms with Crippen molar-refractivity contribution in [2.75, 3.05) is 11.4 Å². The number of amides is 3. The minimum atomic E-state index is -1.20. The molecule has 0 bridgehead atoms. The fourth-order valence-corrected chi connectivity index (χ4v) is 7.42. The van der Waals surface area contributed by atoms with Crippen molar-refractivity contribution in [3.63, 3.8) is 0 Å². The summed E-state index contributed by atoms with van der Waals surface area (Å²) < 4.78 is 22.1. The van der Waals surface area contributed by atoms with E-state index in [0.717, 1.165) is 11.1 Å². The Morgan fingerprint density at radius 2 is 1.43 bits per heavy atom. The number of alkyl carbamates (subject to hydrolysis) is 1. The summed E-state index contributed by atoms with van der Waals surface area (Å²) in [5.41, 5.74) is 1.44. The molecule has 2 saturated heterocycles. The molecular formula is C41H43N3O9S. The molecule has 2 fully saturated rings. The van der Waals surface area contributed by atoms with Crippen molar-refractivity contribution in [1.82, 2.24) is 10.2 Å². The Morgan fingerprint density at radius 3 is 2.00 bits per heavy atom. The van der Waals surface area contributed by atoms with E-state index in [9.17, 15) is 24.0 Å². The van der Waals surface area contributed by atoms with Gasteiger partial charge >= 0.3 is 18.2 Å². The molecule has 3 aromatic rings. The molecule has 6 rings (SSSR count). The van der Waals surface area contributed by atoms with Gasteiger partial charge in [0.2, 0.25) is 5.91 Å². The van der Waals surface area contributed by atoms with Gasteiger partial charge < -0.3 is 34.1 Å². The lowest BCUT2D eigenvalue weighted by atomic mass is 9.95. The molecule has 3 aliphatic heterocycles. The highest BCUT2D eigenvalue weighted by molar-refractivity contribution is 8.03. The summed E-state index contributed by atoms with van der Waals surface area (Å²) in [6.07, 6.45) is -0.334. The highest BCUT2D eigenvalue weighted by Crippen LogP contribution is 2.42. The van der Waals surface area contributed by atoms with E-state index < -0.39 is 58.9 Å². The average molecular weight is 754 g/mol. The number of esters is 1. The van der Waals surface area contributed by atoms with E-state index in [2.05, 4.69) is 5.32 Å². The van der Waals surface area contributed by atoms with Crippen LogP contribution in [-0.4, -0.2) is 70.1 Å². The van der Waals surface area contributed by atoms with Crippen LogP contribution in [0.1, 0.15) is 65.2 Å². The maximum Gasteiger partial charge on any atom is 0.514 e. The van der Waals surface area contributed by atoms with Crippen LogP contribution in [0.2, 0.25) is 0 Å². The number of hydrogen-bond acceptors (Lipinski definition) is 10. The maximum absolute atomic E-state index is 14.4. The molecule has 0 spiro atoms. The van der Waals surface area contributed by atoms with Gasteiger partial charge in [0.15, 0.2) is 12.1 Å². The first-order valence-electron chi connectivity index (χ1n) is 17.6. The van der Waals surface area contributed by atoms with Crippen LogP contribution in [0.4, 0.5) is 15.3 Å². The summed E-state index contributed by atoms with van der Waals surface area (Å²) in [5, 5.41) is 3.78. The molecule has 3 heterocycles. The van der Waals surface area contributed by atoms with Crippen LogP contribution in [0.25, 0.3) is 0 Å². The number of thioether (sulfide) groups is 1. The van der Waals surface area contributed by atoms with E-state index >= 15 is 0 Å². The molecular weight excluding hydrogens is 711 g/mol. The van der Waals surface area contributed by atoms with Gasteiger partial charge in [0.1, 0.15) is 28.4 Å². The number of fused-ring (bicyclic) bond motifs is 1. The van der Waals surface area contributed by atoms with Gasteiger partial charge in [-0.05, 0) is 100 Å². The molecule has 0 radical (unpaired) electrons. The molecule has 0 aliphatic carbocycles. The maximum atomic E-state index is 14.4. The Balaban J connectivity index is 1.26. The molecule has 13 heteroatoms. The van der Waals surface area contributed by atoms with E-state index in [-0.39, 0.29) is 11.7 Å². The zero-order valence-electron chi connectivity index (χ0n) is 30.9. The number of rotatable bonds is 8. The third kappa shape index (κ3) is 8.79. The Morgan fingerprint density at radius 1 is 0.833 bits per heavy atom. The van der Waals surface area contributed by atoms with Crippen LogP contribution < -0.4 is 15.0 Å². The lowest BCUT2D eigenvalue weighted by Crippen LogP contribution is -2.74. The van der Waals surface area contributed by atoms with Crippen molar-refractivity contribution in [2.24, 2.45) is 0 Å². The first-order valence-corrected chi connectivity index (χ1v) is 18.5. The zero-order valence-corrected chi connectivity index (χ0v) is 31.8. The van der Waals surface area contributed by atoms with E-state index in [4.69, 9.17) is 18.9 Å². The standard InChI is InChI=1S/C41H43N3O9S/c1-40(2,3)52-38(48)42-31-35(46)44-32(37(47)51-33(25-13-9-7-10-14-25)26-15-11-8-12-16-26)28(24-54-36(31)44)23-27-21-22-43(34(27)45)29-17-19-30(20-18-29)50-39(49)53-41(4,5)6/h7-20,23-24,31-33,36H,21-22H2,1-6H3,(H,42,48)/t31-,32-,36-/m1/s1. The zero-order chi connectivity index (χ0) is 38.8. The van der Waals surface area contributed by atoms with Gasteiger partial charge in [-0.25, -0.2) is 14.4 Å². The number of nitrogens with one attached hydrogen (secondary N) is 1. The monoisotopic (exact) mass is 753 g/mol. The van der Waals surface area contributed by atoms with Crippen LogP contribution in [0.3, 0.4) is 0 Å². The van der Waals surface area contributed by atoms with E-state index in [1.54, 1.807) is 82.2 Å². The Kier molecular flexibility index (Phi) is 10.9. The molecule has 0 aromatic heterocycles. The number of β-lactam (4-membered cyclic amide) rings is 1. The van der Waals surface area contributed by atoms with Gasteiger partial charge in [0, 0.05) is 17.8 Å². The van der Waals surface area contributed by atoms with Crippen molar-refractivity contribution < 1.29 is 42.9 Å². The van der Waals surface area contributed by atoms with Crippen LogP contribution in [0.15, 0.2) is 108 Å². The number of anilines is 1. The molecule has 1 N–H and O–H groups in total. The molecule has 3 amide bonds. The van der Waals surface area contributed by atoms with Gasteiger partial charge in [0.25, 0.3) is 5.91 Å². The summed E-state index contributed by atoms with van der Waals surface area (Å²) in [4.78, 5) is 69.7. The summed E-state index contributed by atoms with van der Waals surface area (Å²) in [6, 6.07) is 23.0. The molecule has 282 valence electrons. The summed E-state index contributed by atoms with van der Waals surface area (Å²) in [7, 11) is 0. The molecule has 54 heavy (non-hydrogen) atoms. The minimum absolute atomic E-state index is 0.263. The van der Waals surface area contributed by atoms with Gasteiger partial charge in [0.05, 0.1) is 0 Å². The fourth-order valence-electron chi connectivity index (χ4n) is 6.23. The van der Waals surface area contributed by atoms with Crippen molar-refractivity contribution in [1.29, 1.82) is 0 Å². The van der Waals surface area contributed by atoms with Gasteiger partial charge in [-0.1, -0.05) is 60.7 Å². The largest absolute Gasteiger partial charge is 0.514 e. The van der Waals surface area contributed by atoms with Gasteiger partial charge in [-0.2, -0.15) is 0 Å². The van der Waals surface area contributed by atoms with E-state index in [1.165, 1.54) is 16.7 Å². The van der Waals surface area contributed by atoms with E-state index in [1.807, 2.05) is 60.7 Å². The SMILES string of the molecule is CC(C)(C)OC(=O)N[C@@H]1C(=O)N2[C@@H](C(=O)OC(c3ccccc3)c3ccccc3)C(C=C3CCN(c4ccc(OC(=O)OC(C)(C)C)cc4)C3=O)=CS[C@H]12. The average Bonchev–Trinajstić information content (AvgIpc) is 3.47. The number of benzene rings is 3. The Labute approximate surface area is 318 Å². The predicted molar refractivity (Wildman–Crippen MR) is 202 cm³/mol. The van der Waals surface area contributed by atoms with Gasteiger partial charge in [-0.3, -0.25) is 9.59 Å². The van der Waals surface area contributed by atoms with Crippen LogP contribution in [0, 0.1) is 0 Å². The Hall–Kier alpha value is -5.56. The van der Waals surface area contributed by atoms with Gasteiger partial charge in [-0.15, -0.1) is 11.8 Å². The molecule has 0 unspecified atom stereocenters. The van der Waals surface area contributed by atoms with Crippen LogP contribution >= 0.6 is 11.8 Å². The highest BCUT2D eigenvalue weighted by atomic mass is 32.2. The van der Waals surface area contributed by atoms with E-state index in [0.29, 0.717) is 29.8 Å². The molecule has 12 nitrogen and oxygen atoms in total. The van der Waals surface area contributed by atoms with Crippen LogP contribution in [-0.2, 0) is 28.6 Å². The number of carbonyl (C=O) groups excluding carboxylic acids is 5. The lowest BCUT2D eigenvalue weighted by molar-refractivity contribution is -0.164. The molecule has 3 aromatic carbocycles. The second-order valence-electron chi connectivity index (χ2n) is 15.0. The highest BCUT2D eigenvalue weighted by Gasteiger charge is 2.56. The first kappa shape index (κ1) is 38.2. The summed E-state index contributed by atoms with van der Waals surface area (Å²) in [5.74, 6) is -1.18. The van der Waals surface area contributed by atoms with Crippen LogP contribution in [0.5, 0.6) is 5.75 Å². The van der Waals surface area contributed by atoms with Crippen molar-refractivity contribution in [3.05, 3.63) is 119 Å². The number of carbonyl (C=O) groups is 5. The predicted octanol–water partition coefficient (Wildman–Crippen LogP) is 7.06. The topological polar surface area (TPSA) is 141 Å². The number of hydrogen-bond donors (Lipinski definition) is 1. The second kappa shape index (κ2) is 15.4. The molecule has 3 aliphatic rings. The normalized spacial score (nSPS) is 20.5. The fraction of sp³-hybridized carbons (Fsp3) is 0.341. The molecule has 3 atom stereocenters. The second-order valence-corrected chi connectivity index (χ2v) is 16.0. The van der Waals surface area contributed by atoms with Crippen molar-refractivity contribution in [2.45, 2.75) is 82.7 Å². The summed E-state index contributed by atoms with van der Waals surface area (Å²) in [6.45, 7) is 10.8. The minimum Gasteiger partial charge on any atom is -0.451 e. The summed E-state index contributed by atoms with van der Waals surface area (Å²) >= 11 is 1.26. The molecule has 0 saturated carbocycles. The first-order chi connectivity index (χ1) is 25.6.